The molecule has 2 rings (SSSR count). The number of benzene rings is 1. The highest BCUT2D eigenvalue weighted by atomic mass is 35.5. The van der Waals surface area contributed by atoms with Crippen molar-refractivity contribution in [2.24, 2.45) is 0 Å². The van der Waals surface area contributed by atoms with Crippen molar-refractivity contribution in [3.63, 3.8) is 0 Å². The van der Waals surface area contributed by atoms with Crippen LogP contribution in [-0.4, -0.2) is 59.6 Å². The topological polar surface area (TPSA) is 72.9 Å². The second kappa shape index (κ2) is 6.78. The molecular weight excluding hydrogens is 294 g/mol. The molecule has 0 bridgehead atoms. The van der Waals surface area contributed by atoms with E-state index in [1.807, 2.05) is 24.0 Å². The number of hydrogen-bond donors (Lipinski definition) is 2. The summed E-state index contributed by atoms with van der Waals surface area (Å²) >= 11 is 6.05. The van der Waals surface area contributed by atoms with Crippen molar-refractivity contribution in [1.29, 1.82) is 0 Å². The number of aryl methyl sites for hydroxylation is 1. The number of carboxylic acid groups (broad SMARTS) is 1. The highest BCUT2D eigenvalue weighted by Gasteiger charge is 2.22. The summed E-state index contributed by atoms with van der Waals surface area (Å²) in [5.41, 5.74) is 1.61. The molecule has 1 heterocycles. The Hall–Kier alpha value is -1.79. The minimum atomic E-state index is -0.848. The summed E-state index contributed by atoms with van der Waals surface area (Å²) in [6.07, 6.45) is 0. The van der Waals surface area contributed by atoms with E-state index in [-0.39, 0.29) is 12.6 Å². The maximum atomic E-state index is 12.2. The Morgan fingerprint density at radius 2 is 1.95 bits per heavy atom. The van der Waals surface area contributed by atoms with Crippen LogP contribution in [0.5, 0.6) is 0 Å². The quantitative estimate of drug-likeness (QED) is 0.894. The van der Waals surface area contributed by atoms with Gasteiger partial charge in [-0.1, -0.05) is 17.7 Å². The predicted octanol–water partition coefficient (Wildman–Crippen LogP) is 1.88. The third-order valence-electron chi connectivity index (χ3n) is 3.38. The van der Waals surface area contributed by atoms with Gasteiger partial charge in [-0.25, -0.2) is 4.79 Å². The maximum Gasteiger partial charge on any atom is 0.321 e. The van der Waals surface area contributed by atoms with E-state index < -0.39 is 5.97 Å². The third kappa shape index (κ3) is 4.34. The van der Waals surface area contributed by atoms with E-state index in [0.29, 0.717) is 36.9 Å². The molecule has 0 aromatic heterocycles. The molecule has 21 heavy (non-hydrogen) atoms. The summed E-state index contributed by atoms with van der Waals surface area (Å²) in [7, 11) is 0. The van der Waals surface area contributed by atoms with Gasteiger partial charge < -0.3 is 15.3 Å². The van der Waals surface area contributed by atoms with Crippen LogP contribution in [0.3, 0.4) is 0 Å². The number of nitrogens with zero attached hydrogens (tertiary/aromatic N) is 2. The molecule has 0 unspecified atom stereocenters. The fourth-order valence-corrected chi connectivity index (χ4v) is 2.39. The zero-order chi connectivity index (χ0) is 15.4. The van der Waals surface area contributed by atoms with Crippen LogP contribution in [0.4, 0.5) is 10.5 Å². The Labute approximate surface area is 128 Å². The van der Waals surface area contributed by atoms with E-state index in [4.69, 9.17) is 16.7 Å². The normalized spacial score (nSPS) is 15.8. The van der Waals surface area contributed by atoms with Gasteiger partial charge in [0.1, 0.15) is 0 Å². The van der Waals surface area contributed by atoms with E-state index in [0.717, 1.165) is 5.56 Å². The molecule has 1 aliphatic rings. The lowest BCUT2D eigenvalue weighted by Crippen LogP contribution is -2.51. The lowest BCUT2D eigenvalue weighted by Gasteiger charge is -2.33. The molecule has 1 saturated heterocycles. The van der Waals surface area contributed by atoms with E-state index in [9.17, 15) is 9.59 Å². The van der Waals surface area contributed by atoms with Crippen molar-refractivity contribution in [2.45, 2.75) is 6.92 Å². The number of nitrogens with one attached hydrogen (secondary N) is 1. The Bertz CT molecular complexity index is 542. The summed E-state index contributed by atoms with van der Waals surface area (Å²) in [6, 6.07) is 5.23. The standard InChI is InChI=1S/C14H18ClN3O3/c1-10-2-3-11(15)12(8-10)16-14(21)18-6-4-17(5-7-18)9-13(19)20/h2-3,8H,4-7,9H2,1H3,(H,16,21)(H,19,20). The van der Waals surface area contributed by atoms with Gasteiger partial charge in [-0.05, 0) is 24.6 Å². The Morgan fingerprint density at radius 3 is 2.57 bits per heavy atom. The Kier molecular flexibility index (Phi) is 5.03. The molecule has 0 aliphatic carbocycles. The number of hydrogen-bond acceptors (Lipinski definition) is 3. The molecule has 1 aromatic rings. The fraction of sp³-hybridized carbons (Fsp3) is 0.429. The Morgan fingerprint density at radius 1 is 1.29 bits per heavy atom. The van der Waals surface area contributed by atoms with E-state index in [2.05, 4.69) is 5.32 Å². The molecule has 2 amide bonds. The minimum absolute atomic E-state index is 0.0131. The number of rotatable bonds is 3. The van der Waals surface area contributed by atoms with Crippen LogP contribution < -0.4 is 5.32 Å². The molecule has 1 aliphatic heterocycles. The van der Waals surface area contributed by atoms with Crippen molar-refractivity contribution in [2.75, 3.05) is 38.0 Å². The molecule has 114 valence electrons. The molecule has 0 saturated carbocycles. The lowest BCUT2D eigenvalue weighted by molar-refractivity contribution is -0.138. The monoisotopic (exact) mass is 311 g/mol. The average molecular weight is 312 g/mol. The van der Waals surface area contributed by atoms with Crippen molar-refractivity contribution >= 4 is 29.3 Å². The number of carbonyl (C=O) groups is 2. The smallest absolute Gasteiger partial charge is 0.321 e. The molecule has 7 heteroatoms. The summed E-state index contributed by atoms with van der Waals surface area (Å²) in [5, 5.41) is 12.0. The van der Waals surface area contributed by atoms with Crippen molar-refractivity contribution in [3.8, 4) is 0 Å². The number of carbonyl (C=O) groups excluding carboxylic acids is 1. The average Bonchev–Trinajstić information content (AvgIpc) is 2.43. The van der Waals surface area contributed by atoms with Gasteiger partial charge in [0, 0.05) is 26.2 Å². The van der Waals surface area contributed by atoms with Gasteiger partial charge in [0.05, 0.1) is 17.3 Å². The van der Waals surface area contributed by atoms with Crippen LogP contribution in [0, 0.1) is 6.92 Å². The highest BCUT2D eigenvalue weighted by molar-refractivity contribution is 6.33. The zero-order valence-electron chi connectivity index (χ0n) is 11.8. The van der Waals surface area contributed by atoms with Gasteiger partial charge in [0.25, 0.3) is 0 Å². The number of urea groups is 1. The molecular formula is C14H18ClN3O3. The number of piperazine rings is 1. The van der Waals surface area contributed by atoms with Gasteiger partial charge in [-0.2, -0.15) is 0 Å². The van der Waals surface area contributed by atoms with Crippen LogP contribution >= 0.6 is 11.6 Å². The SMILES string of the molecule is Cc1ccc(Cl)c(NC(=O)N2CCN(CC(=O)O)CC2)c1. The Balaban J connectivity index is 1.90. The van der Waals surface area contributed by atoms with Crippen LogP contribution in [-0.2, 0) is 4.79 Å². The predicted molar refractivity (Wildman–Crippen MR) is 80.9 cm³/mol. The molecule has 0 radical (unpaired) electrons. The summed E-state index contributed by atoms with van der Waals surface area (Å²) in [4.78, 5) is 26.3. The first-order valence-electron chi connectivity index (χ1n) is 6.72. The number of aliphatic carboxylic acids is 1. The fourth-order valence-electron chi connectivity index (χ4n) is 2.23. The molecule has 2 N–H and O–H groups in total. The summed E-state index contributed by atoms with van der Waals surface area (Å²) in [5.74, 6) is -0.848. The van der Waals surface area contributed by atoms with Gasteiger partial charge in [-0.3, -0.25) is 9.69 Å². The number of anilines is 1. The minimum Gasteiger partial charge on any atom is -0.480 e. The second-order valence-electron chi connectivity index (χ2n) is 5.07. The van der Waals surface area contributed by atoms with Crippen LogP contribution in [0.1, 0.15) is 5.56 Å². The van der Waals surface area contributed by atoms with Crippen molar-refractivity contribution < 1.29 is 14.7 Å². The first kappa shape index (κ1) is 15.6. The maximum absolute atomic E-state index is 12.2. The first-order chi connectivity index (χ1) is 9.95. The number of halogens is 1. The second-order valence-corrected chi connectivity index (χ2v) is 5.48. The van der Waals surface area contributed by atoms with Gasteiger partial charge in [0.2, 0.25) is 0 Å². The molecule has 6 nitrogen and oxygen atoms in total. The van der Waals surface area contributed by atoms with Crippen molar-refractivity contribution in [1.82, 2.24) is 9.80 Å². The van der Waals surface area contributed by atoms with E-state index in [1.54, 1.807) is 11.0 Å². The molecule has 1 aromatic carbocycles. The third-order valence-corrected chi connectivity index (χ3v) is 3.71. The van der Waals surface area contributed by atoms with Crippen LogP contribution in [0.25, 0.3) is 0 Å². The zero-order valence-corrected chi connectivity index (χ0v) is 12.6. The summed E-state index contributed by atoms with van der Waals surface area (Å²) in [6.45, 7) is 4.06. The molecule has 0 atom stereocenters. The van der Waals surface area contributed by atoms with Gasteiger partial charge >= 0.3 is 12.0 Å². The molecule has 1 fully saturated rings. The molecule has 0 spiro atoms. The van der Waals surface area contributed by atoms with E-state index >= 15 is 0 Å². The van der Waals surface area contributed by atoms with Gasteiger partial charge in [0.15, 0.2) is 0 Å². The first-order valence-corrected chi connectivity index (χ1v) is 7.10. The lowest BCUT2D eigenvalue weighted by atomic mass is 10.2. The largest absolute Gasteiger partial charge is 0.480 e. The number of carboxylic acids is 1. The van der Waals surface area contributed by atoms with Crippen LogP contribution in [0.2, 0.25) is 5.02 Å². The summed E-state index contributed by atoms with van der Waals surface area (Å²) < 4.78 is 0. The highest BCUT2D eigenvalue weighted by Crippen LogP contribution is 2.23. The van der Waals surface area contributed by atoms with Crippen LogP contribution in [0.15, 0.2) is 18.2 Å². The van der Waals surface area contributed by atoms with Crippen molar-refractivity contribution in [3.05, 3.63) is 28.8 Å². The number of amides is 2. The van der Waals surface area contributed by atoms with Gasteiger partial charge in [-0.15, -0.1) is 0 Å². The van der Waals surface area contributed by atoms with E-state index in [1.165, 1.54) is 0 Å².